The average Bonchev–Trinajstić information content (AvgIpc) is 3.32. The van der Waals surface area contributed by atoms with Crippen LogP contribution in [0.25, 0.3) is 22.3 Å². The summed E-state index contributed by atoms with van der Waals surface area (Å²) in [7, 11) is 0. The molecule has 1 aliphatic rings. The van der Waals surface area contributed by atoms with Gasteiger partial charge in [-0.25, -0.2) is 9.78 Å². The average molecular weight is 460 g/mol. The van der Waals surface area contributed by atoms with Gasteiger partial charge >= 0.3 is 5.97 Å². The summed E-state index contributed by atoms with van der Waals surface area (Å²) in [4.78, 5) is 38.6. The summed E-state index contributed by atoms with van der Waals surface area (Å²) >= 11 is 0. The smallest absolute Gasteiger partial charge is 0.338 e. The van der Waals surface area contributed by atoms with Gasteiger partial charge in [-0.15, -0.1) is 0 Å². The monoisotopic (exact) mass is 459 g/mol. The highest BCUT2D eigenvalue weighted by atomic mass is 16.5. The Kier molecular flexibility index (Phi) is 6.42. The van der Waals surface area contributed by atoms with Crippen molar-refractivity contribution < 1.29 is 14.1 Å². The molecule has 0 fully saturated rings. The Morgan fingerprint density at radius 1 is 1.12 bits per heavy atom. The molecular weight excluding hydrogens is 434 g/mol. The molecule has 0 N–H and O–H groups in total. The topological polar surface area (TPSA) is 113 Å². The Morgan fingerprint density at radius 3 is 2.91 bits per heavy atom. The summed E-state index contributed by atoms with van der Waals surface area (Å²) in [5.74, 6) is 1.31. The van der Waals surface area contributed by atoms with Crippen molar-refractivity contribution in [3.63, 3.8) is 0 Å². The number of fused-ring (bicyclic) bond motifs is 2. The zero-order valence-corrected chi connectivity index (χ0v) is 18.8. The quantitative estimate of drug-likeness (QED) is 0.316. The predicted molar refractivity (Wildman–Crippen MR) is 124 cm³/mol. The number of nitrogens with zero attached hydrogens (tertiary/aromatic N) is 5. The molecule has 0 atom stereocenters. The minimum Gasteiger partial charge on any atom is -0.462 e. The maximum Gasteiger partial charge on any atom is 0.338 e. The summed E-state index contributed by atoms with van der Waals surface area (Å²) in [6.07, 6.45) is 9.44. The van der Waals surface area contributed by atoms with Gasteiger partial charge in [0.2, 0.25) is 11.7 Å². The number of aromatic nitrogens is 5. The molecule has 0 bridgehead atoms. The lowest BCUT2D eigenvalue weighted by molar-refractivity contribution is 0.0498. The summed E-state index contributed by atoms with van der Waals surface area (Å²) in [5.41, 5.74) is 1.67. The number of carbonyl (C=O) groups is 1. The van der Waals surface area contributed by atoms with Gasteiger partial charge < -0.3 is 9.26 Å². The normalized spacial score (nSPS) is 13.8. The van der Waals surface area contributed by atoms with Crippen molar-refractivity contribution >= 4 is 16.9 Å². The molecule has 0 amide bonds. The van der Waals surface area contributed by atoms with Crippen molar-refractivity contribution in [3.8, 4) is 11.4 Å². The summed E-state index contributed by atoms with van der Waals surface area (Å²) in [5, 5.41) is 4.49. The van der Waals surface area contributed by atoms with E-state index in [1.807, 2.05) is 6.07 Å². The van der Waals surface area contributed by atoms with E-state index >= 15 is 0 Å². The van der Waals surface area contributed by atoms with Gasteiger partial charge in [-0.2, -0.15) is 4.98 Å². The second kappa shape index (κ2) is 9.94. The standard InChI is InChI=1S/C25H25N5O4/c31-24-19-11-10-17(15-20(19)27-21-8-3-1-2-4-13-30(21)24)25(32)33-14-6-9-22-28-23(29-34-22)18-7-5-12-26-16-18/h5,7,10-12,15-16H,1-4,6,8-9,13-14H2. The lowest BCUT2D eigenvalue weighted by Gasteiger charge is -2.16. The Labute approximate surface area is 195 Å². The minimum atomic E-state index is -0.447. The van der Waals surface area contributed by atoms with Crippen LogP contribution in [0.2, 0.25) is 0 Å². The summed E-state index contributed by atoms with van der Waals surface area (Å²) in [6, 6.07) is 8.61. The van der Waals surface area contributed by atoms with Crippen molar-refractivity contribution in [1.82, 2.24) is 24.7 Å². The van der Waals surface area contributed by atoms with Gasteiger partial charge in [0.25, 0.3) is 5.56 Å². The highest BCUT2D eigenvalue weighted by Gasteiger charge is 2.16. The van der Waals surface area contributed by atoms with E-state index in [0.29, 0.717) is 47.6 Å². The molecule has 1 aliphatic heterocycles. The minimum absolute atomic E-state index is 0.0352. The molecule has 0 saturated heterocycles. The van der Waals surface area contributed by atoms with E-state index in [4.69, 9.17) is 14.2 Å². The van der Waals surface area contributed by atoms with Crippen LogP contribution in [-0.4, -0.2) is 37.3 Å². The number of ether oxygens (including phenoxy) is 1. The molecule has 34 heavy (non-hydrogen) atoms. The number of hydrogen-bond donors (Lipinski definition) is 0. The molecule has 9 heteroatoms. The first kappa shape index (κ1) is 21.9. The van der Waals surface area contributed by atoms with E-state index in [2.05, 4.69) is 15.1 Å². The van der Waals surface area contributed by atoms with Gasteiger partial charge in [0, 0.05) is 37.3 Å². The predicted octanol–water partition coefficient (Wildman–Crippen LogP) is 3.75. The van der Waals surface area contributed by atoms with Crippen molar-refractivity contribution in [2.75, 3.05) is 6.61 Å². The first-order valence-electron chi connectivity index (χ1n) is 11.6. The molecule has 5 rings (SSSR count). The lowest BCUT2D eigenvalue weighted by Crippen LogP contribution is -2.26. The number of pyridine rings is 1. The van der Waals surface area contributed by atoms with Gasteiger partial charge in [-0.1, -0.05) is 18.0 Å². The van der Waals surface area contributed by atoms with Gasteiger partial charge in [0.15, 0.2) is 0 Å². The molecule has 0 saturated carbocycles. The van der Waals surface area contributed by atoms with Gasteiger partial charge in [-0.3, -0.25) is 14.3 Å². The number of benzene rings is 1. The first-order chi connectivity index (χ1) is 16.7. The fraction of sp³-hybridized carbons (Fsp3) is 0.360. The Balaban J connectivity index is 1.21. The number of esters is 1. The number of rotatable bonds is 6. The largest absolute Gasteiger partial charge is 0.462 e. The number of hydrogen-bond acceptors (Lipinski definition) is 8. The highest BCUT2D eigenvalue weighted by Crippen LogP contribution is 2.17. The third kappa shape index (κ3) is 4.73. The number of aryl methyl sites for hydroxylation is 2. The van der Waals surface area contributed by atoms with E-state index in [1.165, 1.54) is 0 Å². The third-order valence-electron chi connectivity index (χ3n) is 5.96. The van der Waals surface area contributed by atoms with Crippen molar-refractivity contribution in [1.29, 1.82) is 0 Å². The summed E-state index contributed by atoms with van der Waals surface area (Å²) < 4.78 is 12.5. The molecule has 9 nitrogen and oxygen atoms in total. The van der Waals surface area contributed by atoms with E-state index in [-0.39, 0.29) is 12.2 Å². The molecule has 3 aromatic heterocycles. The van der Waals surface area contributed by atoms with Crippen molar-refractivity contribution in [2.45, 2.75) is 51.5 Å². The van der Waals surface area contributed by atoms with Crippen molar-refractivity contribution in [2.24, 2.45) is 0 Å². The van der Waals surface area contributed by atoms with Crippen LogP contribution >= 0.6 is 0 Å². The van der Waals surface area contributed by atoms with Crippen LogP contribution in [0.4, 0.5) is 0 Å². The van der Waals surface area contributed by atoms with Crippen LogP contribution in [0.1, 0.15) is 54.2 Å². The van der Waals surface area contributed by atoms with E-state index in [1.54, 1.807) is 41.2 Å². The maximum atomic E-state index is 12.9. The van der Waals surface area contributed by atoms with Crippen LogP contribution in [0, 0.1) is 0 Å². The molecule has 1 aromatic carbocycles. The molecular formula is C25H25N5O4. The second-order valence-electron chi connectivity index (χ2n) is 8.37. The zero-order valence-electron chi connectivity index (χ0n) is 18.8. The lowest BCUT2D eigenvalue weighted by atomic mass is 10.1. The van der Waals surface area contributed by atoms with Crippen LogP contribution in [-0.2, 0) is 24.1 Å². The number of carbonyl (C=O) groups excluding carboxylic acids is 1. The van der Waals surface area contributed by atoms with Gasteiger partial charge in [0.05, 0.1) is 23.1 Å². The Hall–Kier alpha value is -3.88. The van der Waals surface area contributed by atoms with Crippen LogP contribution in [0.15, 0.2) is 52.0 Å². The fourth-order valence-corrected chi connectivity index (χ4v) is 4.16. The van der Waals surface area contributed by atoms with Gasteiger partial charge in [0.1, 0.15) is 5.82 Å². The Morgan fingerprint density at radius 2 is 2.03 bits per heavy atom. The van der Waals surface area contributed by atoms with Crippen molar-refractivity contribution in [3.05, 3.63) is 70.4 Å². The zero-order chi connectivity index (χ0) is 23.3. The molecule has 0 unspecified atom stereocenters. The van der Waals surface area contributed by atoms with E-state index in [9.17, 15) is 9.59 Å². The molecule has 174 valence electrons. The highest BCUT2D eigenvalue weighted by molar-refractivity contribution is 5.94. The molecule has 0 radical (unpaired) electrons. The fourth-order valence-electron chi connectivity index (χ4n) is 4.16. The molecule has 4 aromatic rings. The van der Waals surface area contributed by atoms with Crippen LogP contribution < -0.4 is 5.56 Å². The van der Waals surface area contributed by atoms with Gasteiger partial charge in [-0.05, 0) is 49.6 Å². The molecule has 4 heterocycles. The van der Waals surface area contributed by atoms with Crippen LogP contribution in [0.5, 0.6) is 0 Å². The van der Waals surface area contributed by atoms with E-state index < -0.39 is 5.97 Å². The molecule has 0 spiro atoms. The third-order valence-corrected chi connectivity index (χ3v) is 5.96. The van der Waals surface area contributed by atoms with Crippen LogP contribution in [0.3, 0.4) is 0 Å². The summed E-state index contributed by atoms with van der Waals surface area (Å²) in [6.45, 7) is 0.909. The Bertz CT molecular complexity index is 1360. The molecule has 0 aliphatic carbocycles. The maximum absolute atomic E-state index is 12.9. The second-order valence-corrected chi connectivity index (χ2v) is 8.37. The SMILES string of the molecule is O=C(OCCCc1nc(-c2cccnc2)no1)c1ccc2c(=O)n3c(nc2c1)CCCCCC3. The first-order valence-corrected chi connectivity index (χ1v) is 11.6. The van der Waals surface area contributed by atoms with E-state index in [0.717, 1.165) is 43.5 Å².